The number of guanidine groups is 1. The molecule has 0 saturated heterocycles. The van der Waals surface area contributed by atoms with Gasteiger partial charge >= 0.3 is 5.69 Å². The normalized spacial score (nSPS) is 14.2. The molecule has 0 amide bonds. The van der Waals surface area contributed by atoms with Crippen LogP contribution in [0.1, 0.15) is 37.8 Å². The molecular formula is C17H29N9O. The van der Waals surface area contributed by atoms with Crippen LogP contribution in [0.4, 0.5) is 0 Å². The highest BCUT2D eigenvalue weighted by molar-refractivity contribution is 5.79. The molecule has 1 aliphatic rings. The van der Waals surface area contributed by atoms with Crippen LogP contribution in [0.25, 0.3) is 0 Å². The molecule has 0 unspecified atom stereocenters. The second-order valence-corrected chi connectivity index (χ2v) is 6.60. The van der Waals surface area contributed by atoms with Gasteiger partial charge in [-0.25, -0.2) is 9.48 Å². The third kappa shape index (κ3) is 4.75. The van der Waals surface area contributed by atoms with E-state index in [0.29, 0.717) is 6.54 Å². The van der Waals surface area contributed by atoms with Crippen molar-refractivity contribution in [2.45, 2.75) is 58.7 Å². The molecule has 2 aromatic rings. The van der Waals surface area contributed by atoms with E-state index in [1.807, 2.05) is 9.13 Å². The van der Waals surface area contributed by atoms with Gasteiger partial charge in [0.05, 0.1) is 0 Å². The molecule has 0 atom stereocenters. The van der Waals surface area contributed by atoms with Crippen molar-refractivity contribution in [1.82, 2.24) is 39.7 Å². The summed E-state index contributed by atoms with van der Waals surface area (Å²) in [4.78, 5) is 16.5. The fraction of sp³-hybridized carbons (Fsp3) is 0.706. The van der Waals surface area contributed by atoms with Crippen molar-refractivity contribution >= 4 is 5.96 Å². The molecule has 0 spiro atoms. The van der Waals surface area contributed by atoms with E-state index in [1.165, 1.54) is 0 Å². The third-order valence-corrected chi connectivity index (χ3v) is 4.75. The Balaban J connectivity index is 1.39. The van der Waals surface area contributed by atoms with E-state index >= 15 is 0 Å². The third-order valence-electron chi connectivity index (χ3n) is 4.75. The first-order chi connectivity index (χ1) is 13.2. The van der Waals surface area contributed by atoms with Gasteiger partial charge in [0.1, 0.15) is 18.0 Å². The molecule has 0 aromatic carbocycles. The Labute approximate surface area is 158 Å². The SMILES string of the molecule is CCc1nncn1CCNC(=NC)NCCCn1nc2n(c1=O)CCCC2. The number of rotatable bonds is 8. The first-order valence-electron chi connectivity index (χ1n) is 9.70. The maximum atomic E-state index is 12.3. The van der Waals surface area contributed by atoms with Crippen molar-refractivity contribution in [3.8, 4) is 0 Å². The molecule has 0 saturated carbocycles. The summed E-state index contributed by atoms with van der Waals surface area (Å²) in [5.41, 5.74) is 0.0212. The minimum absolute atomic E-state index is 0.0212. The minimum atomic E-state index is 0.0212. The second kappa shape index (κ2) is 9.33. The summed E-state index contributed by atoms with van der Waals surface area (Å²) < 4.78 is 5.44. The molecule has 3 heterocycles. The molecule has 2 aromatic heterocycles. The fourth-order valence-corrected chi connectivity index (χ4v) is 3.28. The number of nitrogens with one attached hydrogen (secondary N) is 2. The number of nitrogens with zero attached hydrogens (tertiary/aromatic N) is 7. The van der Waals surface area contributed by atoms with Gasteiger partial charge in [0.2, 0.25) is 0 Å². The van der Waals surface area contributed by atoms with Gasteiger partial charge in [0.15, 0.2) is 5.96 Å². The molecule has 148 valence electrons. The molecule has 0 fully saturated rings. The highest BCUT2D eigenvalue weighted by Crippen LogP contribution is 2.09. The highest BCUT2D eigenvalue weighted by atomic mass is 16.2. The zero-order valence-corrected chi connectivity index (χ0v) is 16.2. The lowest BCUT2D eigenvalue weighted by Gasteiger charge is -2.12. The standard InChI is InChI=1S/C17H29N9O/c1-3-14-22-21-13-24(14)12-9-20-16(18-2)19-8-6-11-26-17(27)25-10-5-4-7-15(25)23-26/h13H,3-12H2,1-2H3,(H2,18,19,20). The van der Waals surface area contributed by atoms with Crippen LogP contribution >= 0.6 is 0 Å². The van der Waals surface area contributed by atoms with Gasteiger partial charge in [0, 0.05) is 52.6 Å². The first-order valence-corrected chi connectivity index (χ1v) is 9.70. The summed E-state index contributed by atoms with van der Waals surface area (Å²) in [5.74, 6) is 2.66. The molecule has 27 heavy (non-hydrogen) atoms. The largest absolute Gasteiger partial charge is 0.356 e. The van der Waals surface area contributed by atoms with Crippen molar-refractivity contribution in [2.24, 2.45) is 4.99 Å². The predicted octanol–water partition coefficient (Wildman–Crippen LogP) is -0.210. The summed E-state index contributed by atoms with van der Waals surface area (Å²) in [5, 5.41) is 19.0. The van der Waals surface area contributed by atoms with Crippen molar-refractivity contribution in [2.75, 3.05) is 20.1 Å². The van der Waals surface area contributed by atoms with Gasteiger partial charge in [-0.2, -0.15) is 5.10 Å². The van der Waals surface area contributed by atoms with Gasteiger partial charge in [-0.15, -0.1) is 10.2 Å². The van der Waals surface area contributed by atoms with Crippen LogP contribution in [0.15, 0.2) is 16.1 Å². The van der Waals surface area contributed by atoms with E-state index in [0.717, 1.165) is 75.9 Å². The monoisotopic (exact) mass is 375 g/mol. The van der Waals surface area contributed by atoms with Crippen molar-refractivity contribution < 1.29 is 0 Å². The van der Waals surface area contributed by atoms with Crippen molar-refractivity contribution in [1.29, 1.82) is 0 Å². The van der Waals surface area contributed by atoms with Gasteiger partial charge in [-0.3, -0.25) is 9.56 Å². The molecule has 0 aliphatic carbocycles. The molecule has 0 bridgehead atoms. The van der Waals surface area contributed by atoms with Crippen LogP contribution in [-0.4, -0.2) is 55.2 Å². The Morgan fingerprint density at radius 2 is 2.11 bits per heavy atom. The van der Waals surface area contributed by atoms with Crippen molar-refractivity contribution in [3.63, 3.8) is 0 Å². The van der Waals surface area contributed by atoms with Crippen LogP contribution in [0.3, 0.4) is 0 Å². The Bertz CT molecular complexity index is 817. The predicted molar refractivity (Wildman–Crippen MR) is 103 cm³/mol. The Hall–Kier alpha value is -2.65. The topological polar surface area (TPSA) is 107 Å². The van der Waals surface area contributed by atoms with E-state index in [4.69, 9.17) is 0 Å². The molecule has 2 N–H and O–H groups in total. The van der Waals surface area contributed by atoms with E-state index in [9.17, 15) is 4.79 Å². The average Bonchev–Trinajstić information content (AvgIpc) is 3.28. The van der Waals surface area contributed by atoms with Crippen LogP contribution in [0.5, 0.6) is 0 Å². The Kier molecular flexibility index (Phi) is 6.61. The van der Waals surface area contributed by atoms with E-state index < -0.39 is 0 Å². The lowest BCUT2D eigenvalue weighted by molar-refractivity contribution is 0.509. The van der Waals surface area contributed by atoms with Crippen LogP contribution in [0.2, 0.25) is 0 Å². The zero-order valence-electron chi connectivity index (χ0n) is 16.2. The number of hydrogen-bond acceptors (Lipinski definition) is 5. The maximum absolute atomic E-state index is 12.3. The smallest absolute Gasteiger partial charge is 0.345 e. The number of fused-ring (bicyclic) bond motifs is 1. The van der Waals surface area contributed by atoms with Crippen LogP contribution < -0.4 is 16.3 Å². The number of aryl methyl sites for hydroxylation is 3. The summed E-state index contributed by atoms with van der Waals surface area (Å²) in [6.45, 7) is 5.72. The lowest BCUT2D eigenvalue weighted by Crippen LogP contribution is -2.39. The van der Waals surface area contributed by atoms with Crippen molar-refractivity contribution in [3.05, 3.63) is 28.5 Å². The number of aromatic nitrogens is 6. The quantitative estimate of drug-likeness (QED) is 0.376. The summed E-state index contributed by atoms with van der Waals surface area (Å²) >= 11 is 0. The van der Waals surface area contributed by atoms with E-state index in [2.05, 4.69) is 37.8 Å². The average molecular weight is 375 g/mol. The molecule has 10 nitrogen and oxygen atoms in total. The van der Waals surface area contributed by atoms with E-state index in [1.54, 1.807) is 18.1 Å². The highest BCUT2D eigenvalue weighted by Gasteiger charge is 2.16. The maximum Gasteiger partial charge on any atom is 0.345 e. The van der Waals surface area contributed by atoms with E-state index in [-0.39, 0.29) is 5.69 Å². The second-order valence-electron chi connectivity index (χ2n) is 6.60. The zero-order chi connectivity index (χ0) is 19.1. The molecule has 10 heteroatoms. The minimum Gasteiger partial charge on any atom is -0.356 e. The number of hydrogen-bond donors (Lipinski definition) is 2. The Morgan fingerprint density at radius 3 is 2.89 bits per heavy atom. The van der Waals surface area contributed by atoms with Gasteiger partial charge in [-0.1, -0.05) is 6.92 Å². The molecule has 3 rings (SSSR count). The molecular weight excluding hydrogens is 346 g/mol. The van der Waals surface area contributed by atoms with Crippen LogP contribution in [0, 0.1) is 0 Å². The van der Waals surface area contributed by atoms with Gasteiger partial charge in [-0.05, 0) is 19.3 Å². The van der Waals surface area contributed by atoms with Gasteiger partial charge in [0.25, 0.3) is 0 Å². The van der Waals surface area contributed by atoms with Gasteiger partial charge < -0.3 is 15.2 Å². The molecule has 0 radical (unpaired) electrons. The fourth-order valence-electron chi connectivity index (χ4n) is 3.28. The summed E-state index contributed by atoms with van der Waals surface area (Å²) in [6.07, 6.45) is 6.51. The summed E-state index contributed by atoms with van der Waals surface area (Å²) in [7, 11) is 1.75. The number of aliphatic imine (C=N–C) groups is 1. The Morgan fingerprint density at radius 1 is 1.26 bits per heavy atom. The first kappa shape index (κ1) is 19.1. The lowest BCUT2D eigenvalue weighted by atomic mass is 10.2. The summed E-state index contributed by atoms with van der Waals surface area (Å²) in [6, 6.07) is 0. The van der Waals surface area contributed by atoms with Crippen LogP contribution in [-0.2, 0) is 32.5 Å². The molecule has 1 aliphatic heterocycles.